The molecule has 27 heavy (non-hydrogen) atoms. The molecule has 0 saturated carbocycles. The number of hydrogen-bond acceptors (Lipinski definition) is 5. The molecule has 0 atom stereocenters. The van der Waals surface area contributed by atoms with E-state index in [1.54, 1.807) is 79.5 Å². The third-order valence-electron chi connectivity index (χ3n) is 3.80. The van der Waals surface area contributed by atoms with E-state index in [1.165, 1.54) is 0 Å². The Balaban J connectivity index is 1.70. The molecule has 1 heterocycles. The second kappa shape index (κ2) is 8.18. The summed E-state index contributed by atoms with van der Waals surface area (Å²) < 4.78 is 11.6. The first-order chi connectivity index (χ1) is 13.1. The van der Waals surface area contributed by atoms with Crippen LogP contribution < -0.4 is 10.1 Å². The predicted octanol–water partition coefficient (Wildman–Crippen LogP) is 3.31. The van der Waals surface area contributed by atoms with Crippen LogP contribution >= 0.6 is 0 Å². The zero-order valence-corrected chi connectivity index (χ0v) is 15.0. The second-order valence-corrected chi connectivity index (χ2v) is 5.60. The lowest BCUT2D eigenvalue weighted by Crippen LogP contribution is -2.12. The number of esters is 1. The molecular weight excluding hydrogens is 346 g/mol. The molecule has 0 aliphatic carbocycles. The Hall–Kier alpha value is -3.61. The van der Waals surface area contributed by atoms with Gasteiger partial charge in [0.05, 0.1) is 19.4 Å². The van der Waals surface area contributed by atoms with Crippen LogP contribution in [0.4, 0.5) is 5.69 Å². The molecule has 0 aliphatic rings. The van der Waals surface area contributed by atoms with Gasteiger partial charge < -0.3 is 14.8 Å². The minimum absolute atomic E-state index is 0.231. The van der Waals surface area contributed by atoms with E-state index in [9.17, 15) is 9.59 Å². The van der Waals surface area contributed by atoms with Crippen molar-refractivity contribution < 1.29 is 19.1 Å². The van der Waals surface area contributed by atoms with E-state index in [4.69, 9.17) is 9.47 Å². The summed E-state index contributed by atoms with van der Waals surface area (Å²) in [4.78, 5) is 24.0. The van der Waals surface area contributed by atoms with Gasteiger partial charge in [0.2, 0.25) is 0 Å². The van der Waals surface area contributed by atoms with E-state index in [2.05, 4.69) is 10.4 Å². The molecule has 2 aromatic carbocycles. The summed E-state index contributed by atoms with van der Waals surface area (Å²) in [7, 11) is 1.55. The number of methoxy groups -OCH3 is 1. The van der Waals surface area contributed by atoms with E-state index in [1.807, 2.05) is 0 Å². The molecule has 138 valence electrons. The fourth-order valence-electron chi connectivity index (χ4n) is 2.45. The third kappa shape index (κ3) is 4.33. The molecule has 7 nitrogen and oxygen atoms in total. The Labute approximate surface area is 156 Å². The van der Waals surface area contributed by atoms with Gasteiger partial charge in [-0.25, -0.2) is 9.48 Å². The van der Waals surface area contributed by atoms with Crippen LogP contribution in [0.25, 0.3) is 5.69 Å². The van der Waals surface area contributed by atoms with Crippen molar-refractivity contribution in [1.29, 1.82) is 0 Å². The summed E-state index contributed by atoms with van der Waals surface area (Å²) in [5.74, 6) is -0.0714. The van der Waals surface area contributed by atoms with E-state index in [0.29, 0.717) is 23.6 Å². The van der Waals surface area contributed by atoms with Crippen LogP contribution in [0.2, 0.25) is 0 Å². The molecule has 0 fully saturated rings. The topological polar surface area (TPSA) is 82.5 Å². The average Bonchev–Trinajstić information content (AvgIpc) is 3.19. The maximum Gasteiger partial charge on any atom is 0.358 e. The van der Waals surface area contributed by atoms with Gasteiger partial charge in [-0.15, -0.1) is 0 Å². The van der Waals surface area contributed by atoms with Crippen LogP contribution in [0.5, 0.6) is 5.75 Å². The normalized spacial score (nSPS) is 10.3. The SMILES string of the molecule is CCOC(=O)c1ccn(-c2ccc(NC(=O)c3cccc(OC)c3)cc2)n1. The fourth-order valence-corrected chi connectivity index (χ4v) is 2.45. The number of ether oxygens (including phenoxy) is 2. The number of nitrogens with zero attached hydrogens (tertiary/aromatic N) is 2. The second-order valence-electron chi connectivity index (χ2n) is 5.60. The Morgan fingerprint density at radius 2 is 1.89 bits per heavy atom. The van der Waals surface area contributed by atoms with Crippen molar-refractivity contribution in [2.24, 2.45) is 0 Å². The van der Waals surface area contributed by atoms with Crippen molar-refractivity contribution in [2.75, 3.05) is 19.0 Å². The number of hydrogen-bond donors (Lipinski definition) is 1. The van der Waals surface area contributed by atoms with E-state index in [-0.39, 0.29) is 11.6 Å². The van der Waals surface area contributed by atoms with E-state index in [0.717, 1.165) is 5.69 Å². The summed E-state index contributed by atoms with van der Waals surface area (Å²) in [6.45, 7) is 2.04. The standard InChI is InChI=1S/C20H19N3O4/c1-3-27-20(25)18-11-12-23(22-18)16-9-7-15(8-10-16)21-19(24)14-5-4-6-17(13-14)26-2/h4-13H,3H2,1-2H3,(H,21,24). The summed E-state index contributed by atoms with van der Waals surface area (Å²) in [6, 6.07) is 15.6. The van der Waals surface area contributed by atoms with Crippen molar-refractivity contribution >= 4 is 17.6 Å². The number of carbonyl (C=O) groups is 2. The van der Waals surface area contributed by atoms with Gasteiger partial charge in [-0.3, -0.25) is 4.79 Å². The summed E-state index contributed by atoms with van der Waals surface area (Å²) in [6.07, 6.45) is 1.68. The zero-order valence-electron chi connectivity index (χ0n) is 15.0. The van der Waals surface area contributed by atoms with Crippen LogP contribution in [-0.4, -0.2) is 35.4 Å². The monoisotopic (exact) mass is 365 g/mol. The highest BCUT2D eigenvalue weighted by Crippen LogP contribution is 2.17. The van der Waals surface area contributed by atoms with Crippen molar-refractivity contribution in [1.82, 2.24) is 9.78 Å². The van der Waals surface area contributed by atoms with Crippen LogP contribution in [-0.2, 0) is 4.74 Å². The average molecular weight is 365 g/mol. The molecular formula is C20H19N3O4. The van der Waals surface area contributed by atoms with E-state index >= 15 is 0 Å². The number of benzene rings is 2. The van der Waals surface area contributed by atoms with Gasteiger partial charge in [0.15, 0.2) is 5.69 Å². The minimum atomic E-state index is -0.460. The number of anilines is 1. The Morgan fingerprint density at radius 3 is 2.59 bits per heavy atom. The first kappa shape index (κ1) is 18.2. The van der Waals surface area contributed by atoms with Gasteiger partial charge >= 0.3 is 5.97 Å². The van der Waals surface area contributed by atoms with Crippen molar-refractivity contribution in [3.63, 3.8) is 0 Å². The molecule has 1 aromatic heterocycles. The number of rotatable bonds is 6. The smallest absolute Gasteiger partial charge is 0.358 e. The molecule has 0 aliphatic heterocycles. The molecule has 0 saturated heterocycles. The molecule has 0 unspecified atom stereocenters. The van der Waals surface area contributed by atoms with Crippen LogP contribution in [0.15, 0.2) is 60.8 Å². The lowest BCUT2D eigenvalue weighted by Gasteiger charge is -2.08. The van der Waals surface area contributed by atoms with Gasteiger partial charge in [0.25, 0.3) is 5.91 Å². The maximum absolute atomic E-state index is 12.3. The van der Waals surface area contributed by atoms with Crippen LogP contribution in [0.1, 0.15) is 27.8 Å². The lowest BCUT2D eigenvalue weighted by atomic mass is 10.2. The molecule has 1 N–H and O–H groups in total. The van der Waals surface area contributed by atoms with Gasteiger partial charge in [-0.05, 0) is 55.5 Å². The summed E-state index contributed by atoms with van der Waals surface area (Å²) in [5, 5.41) is 7.03. The van der Waals surface area contributed by atoms with Crippen molar-refractivity contribution in [2.45, 2.75) is 6.92 Å². The predicted molar refractivity (Wildman–Crippen MR) is 100 cm³/mol. The minimum Gasteiger partial charge on any atom is -0.497 e. The summed E-state index contributed by atoms with van der Waals surface area (Å²) >= 11 is 0. The maximum atomic E-state index is 12.3. The highest BCUT2D eigenvalue weighted by atomic mass is 16.5. The first-order valence-electron chi connectivity index (χ1n) is 8.39. The first-order valence-corrected chi connectivity index (χ1v) is 8.39. The van der Waals surface area contributed by atoms with E-state index < -0.39 is 5.97 Å². The Bertz CT molecular complexity index is 948. The van der Waals surface area contributed by atoms with Gasteiger partial charge in [-0.2, -0.15) is 5.10 Å². The highest BCUT2D eigenvalue weighted by Gasteiger charge is 2.11. The molecule has 3 aromatic rings. The number of nitrogens with one attached hydrogen (secondary N) is 1. The lowest BCUT2D eigenvalue weighted by molar-refractivity contribution is 0.0519. The largest absolute Gasteiger partial charge is 0.497 e. The number of aromatic nitrogens is 2. The quantitative estimate of drug-likeness (QED) is 0.678. The summed E-state index contributed by atoms with van der Waals surface area (Å²) in [5.41, 5.74) is 2.14. The fraction of sp³-hybridized carbons (Fsp3) is 0.150. The van der Waals surface area contributed by atoms with Gasteiger partial charge in [-0.1, -0.05) is 6.07 Å². The van der Waals surface area contributed by atoms with Gasteiger partial charge in [0.1, 0.15) is 5.75 Å². The number of carbonyl (C=O) groups excluding carboxylic acids is 2. The molecule has 0 radical (unpaired) electrons. The molecule has 1 amide bonds. The van der Waals surface area contributed by atoms with Crippen LogP contribution in [0.3, 0.4) is 0 Å². The third-order valence-corrected chi connectivity index (χ3v) is 3.80. The molecule has 0 spiro atoms. The molecule has 3 rings (SSSR count). The van der Waals surface area contributed by atoms with Gasteiger partial charge in [0, 0.05) is 17.4 Å². The van der Waals surface area contributed by atoms with Crippen LogP contribution in [0, 0.1) is 0 Å². The molecule has 7 heteroatoms. The zero-order chi connectivity index (χ0) is 19.2. The highest BCUT2D eigenvalue weighted by molar-refractivity contribution is 6.04. The molecule has 0 bridgehead atoms. The van der Waals surface area contributed by atoms with Crippen molar-refractivity contribution in [3.05, 3.63) is 72.1 Å². The number of amides is 1. The Morgan fingerprint density at radius 1 is 1.11 bits per heavy atom. The Kier molecular flexibility index (Phi) is 5.51. The van der Waals surface area contributed by atoms with Crippen molar-refractivity contribution in [3.8, 4) is 11.4 Å².